The molecule has 2 aromatic rings. The van der Waals surface area contributed by atoms with Crippen molar-refractivity contribution in [2.24, 2.45) is 0 Å². The fourth-order valence-corrected chi connectivity index (χ4v) is 3.43. The normalized spacial score (nSPS) is 15.0. The molecule has 0 radical (unpaired) electrons. The Bertz CT molecular complexity index is 588. The molecular formula is C19H24O4S. The summed E-state index contributed by atoms with van der Waals surface area (Å²) in [5.74, 6) is 0.531. The minimum Gasteiger partial charge on any atom is -0.396 e. The van der Waals surface area contributed by atoms with Gasteiger partial charge >= 0.3 is 0 Å². The third-order valence-corrected chi connectivity index (χ3v) is 5.02. The maximum absolute atomic E-state index is 10.8. The third-order valence-electron chi connectivity index (χ3n) is 3.97. The second-order valence-electron chi connectivity index (χ2n) is 5.65. The van der Waals surface area contributed by atoms with Gasteiger partial charge in [-0.2, -0.15) is 11.8 Å². The van der Waals surface area contributed by atoms with Crippen molar-refractivity contribution in [2.45, 2.75) is 24.7 Å². The van der Waals surface area contributed by atoms with Crippen molar-refractivity contribution < 1.29 is 20.4 Å². The van der Waals surface area contributed by atoms with Crippen molar-refractivity contribution in [3.63, 3.8) is 0 Å². The first-order valence-corrected chi connectivity index (χ1v) is 9.12. The van der Waals surface area contributed by atoms with Crippen LogP contribution in [0.2, 0.25) is 0 Å². The standard InChI is InChI=1S/C19H24O4S/c20-10-11-24-13-17(22)18(15-4-2-1-3-5-15)19(23)16-8-6-14(12-21)7-9-16/h1-9,17-23H,10-13H2/t17-,18-,19+/m1/s1. The van der Waals surface area contributed by atoms with Crippen LogP contribution < -0.4 is 0 Å². The van der Waals surface area contributed by atoms with Gasteiger partial charge in [-0.15, -0.1) is 0 Å². The van der Waals surface area contributed by atoms with Crippen LogP contribution in [0.1, 0.15) is 28.7 Å². The van der Waals surface area contributed by atoms with E-state index in [9.17, 15) is 10.2 Å². The van der Waals surface area contributed by atoms with Crippen LogP contribution >= 0.6 is 11.8 Å². The second kappa shape index (κ2) is 9.81. The highest BCUT2D eigenvalue weighted by Crippen LogP contribution is 2.35. The van der Waals surface area contributed by atoms with Crippen LogP contribution in [0.15, 0.2) is 54.6 Å². The van der Waals surface area contributed by atoms with Crippen LogP contribution in [0, 0.1) is 0 Å². The van der Waals surface area contributed by atoms with Gasteiger partial charge in [0.15, 0.2) is 0 Å². The smallest absolute Gasteiger partial charge is 0.0883 e. The molecule has 2 aromatic carbocycles. The molecule has 0 amide bonds. The molecule has 2 rings (SSSR count). The lowest BCUT2D eigenvalue weighted by atomic mass is 9.85. The topological polar surface area (TPSA) is 80.9 Å². The average Bonchev–Trinajstić information content (AvgIpc) is 2.63. The number of aliphatic hydroxyl groups excluding tert-OH is 4. The average molecular weight is 348 g/mol. The van der Waals surface area contributed by atoms with E-state index < -0.39 is 18.1 Å². The van der Waals surface area contributed by atoms with Crippen molar-refractivity contribution >= 4 is 11.8 Å². The van der Waals surface area contributed by atoms with E-state index in [1.54, 1.807) is 24.3 Å². The summed E-state index contributed by atoms with van der Waals surface area (Å²) in [6, 6.07) is 16.6. The Morgan fingerprint density at radius 1 is 0.833 bits per heavy atom. The Hall–Kier alpha value is -1.37. The van der Waals surface area contributed by atoms with E-state index in [2.05, 4.69) is 0 Å². The van der Waals surface area contributed by atoms with Crippen LogP contribution in [0.25, 0.3) is 0 Å². The van der Waals surface area contributed by atoms with Gasteiger partial charge in [0.05, 0.1) is 25.4 Å². The molecule has 0 fully saturated rings. The van der Waals surface area contributed by atoms with Gasteiger partial charge in [-0.3, -0.25) is 0 Å². The molecule has 0 bridgehead atoms. The number of rotatable bonds is 9. The van der Waals surface area contributed by atoms with Gasteiger partial charge in [0.25, 0.3) is 0 Å². The second-order valence-corrected chi connectivity index (χ2v) is 6.80. The quantitative estimate of drug-likeness (QED) is 0.522. The number of aliphatic hydroxyl groups is 4. The van der Waals surface area contributed by atoms with Crippen molar-refractivity contribution in [2.75, 3.05) is 18.1 Å². The molecule has 130 valence electrons. The Morgan fingerprint density at radius 3 is 2.08 bits per heavy atom. The van der Waals surface area contributed by atoms with Gasteiger partial charge in [-0.1, -0.05) is 54.6 Å². The van der Waals surface area contributed by atoms with E-state index in [0.717, 1.165) is 11.1 Å². The van der Waals surface area contributed by atoms with Crippen LogP contribution in [0.4, 0.5) is 0 Å². The van der Waals surface area contributed by atoms with Crippen molar-refractivity contribution in [1.82, 2.24) is 0 Å². The molecule has 0 unspecified atom stereocenters. The monoisotopic (exact) mass is 348 g/mol. The first kappa shape index (κ1) is 19.0. The van der Waals surface area contributed by atoms with Gasteiger partial charge in [0, 0.05) is 17.4 Å². The third kappa shape index (κ3) is 5.06. The summed E-state index contributed by atoms with van der Waals surface area (Å²) < 4.78 is 0. The first-order chi connectivity index (χ1) is 11.7. The van der Waals surface area contributed by atoms with Gasteiger partial charge in [-0.25, -0.2) is 0 Å². The van der Waals surface area contributed by atoms with Gasteiger partial charge in [0.2, 0.25) is 0 Å². The predicted octanol–water partition coefficient (Wildman–Crippen LogP) is 2.08. The number of hydrogen-bond acceptors (Lipinski definition) is 5. The summed E-state index contributed by atoms with van der Waals surface area (Å²) in [4.78, 5) is 0. The maximum atomic E-state index is 10.8. The van der Waals surface area contributed by atoms with Crippen LogP contribution in [-0.2, 0) is 6.61 Å². The molecule has 0 aliphatic rings. The summed E-state index contributed by atoms with van der Waals surface area (Å²) in [6.45, 7) is 0.0253. The maximum Gasteiger partial charge on any atom is 0.0883 e. The van der Waals surface area contributed by atoms with E-state index in [4.69, 9.17) is 10.2 Å². The molecule has 0 spiro atoms. The zero-order valence-corrected chi connectivity index (χ0v) is 14.3. The van der Waals surface area contributed by atoms with E-state index in [1.165, 1.54) is 11.8 Å². The number of hydrogen-bond donors (Lipinski definition) is 4. The van der Waals surface area contributed by atoms with E-state index in [0.29, 0.717) is 17.1 Å². The van der Waals surface area contributed by atoms with E-state index in [1.807, 2.05) is 30.3 Å². The molecule has 0 heterocycles. The van der Waals surface area contributed by atoms with E-state index in [-0.39, 0.29) is 13.2 Å². The van der Waals surface area contributed by atoms with Gasteiger partial charge in [0.1, 0.15) is 0 Å². The zero-order chi connectivity index (χ0) is 17.4. The Morgan fingerprint density at radius 2 is 1.50 bits per heavy atom. The minimum atomic E-state index is -0.857. The number of benzene rings is 2. The highest BCUT2D eigenvalue weighted by atomic mass is 32.2. The van der Waals surface area contributed by atoms with Crippen molar-refractivity contribution in [3.8, 4) is 0 Å². The fourth-order valence-electron chi connectivity index (χ4n) is 2.69. The van der Waals surface area contributed by atoms with Gasteiger partial charge < -0.3 is 20.4 Å². The lowest BCUT2D eigenvalue weighted by Gasteiger charge is -2.28. The summed E-state index contributed by atoms with van der Waals surface area (Å²) in [5, 5.41) is 39.5. The molecule has 4 N–H and O–H groups in total. The van der Waals surface area contributed by atoms with Crippen LogP contribution in [0.5, 0.6) is 0 Å². The molecule has 0 aliphatic carbocycles. The molecule has 4 nitrogen and oxygen atoms in total. The summed E-state index contributed by atoms with van der Waals surface area (Å²) in [5.41, 5.74) is 2.35. The Labute approximate surface area is 146 Å². The summed E-state index contributed by atoms with van der Waals surface area (Å²) >= 11 is 1.46. The SMILES string of the molecule is OCCSC[C@@H](O)[C@@H](c1ccccc1)[C@@H](O)c1ccc(CO)cc1. The lowest BCUT2D eigenvalue weighted by molar-refractivity contribution is 0.0642. The van der Waals surface area contributed by atoms with Crippen LogP contribution in [0.3, 0.4) is 0 Å². The van der Waals surface area contributed by atoms with Gasteiger partial charge in [-0.05, 0) is 16.7 Å². The molecule has 0 saturated heterocycles. The predicted molar refractivity (Wildman–Crippen MR) is 96.9 cm³/mol. The molecule has 5 heteroatoms. The molecule has 3 atom stereocenters. The lowest BCUT2D eigenvalue weighted by Crippen LogP contribution is -2.27. The zero-order valence-electron chi connectivity index (χ0n) is 13.5. The Kier molecular flexibility index (Phi) is 7.75. The Balaban J connectivity index is 2.23. The molecule has 0 aliphatic heterocycles. The highest BCUT2D eigenvalue weighted by Gasteiger charge is 2.29. The van der Waals surface area contributed by atoms with Crippen molar-refractivity contribution in [1.29, 1.82) is 0 Å². The molecular weight excluding hydrogens is 324 g/mol. The molecule has 0 saturated carbocycles. The fraction of sp³-hybridized carbons (Fsp3) is 0.368. The van der Waals surface area contributed by atoms with Crippen LogP contribution in [-0.4, -0.2) is 44.6 Å². The molecule has 0 aromatic heterocycles. The van der Waals surface area contributed by atoms with Crippen molar-refractivity contribution in [3.05, 3.63) is 71.3 Å². The largest absolute Gasteiger partial charge is 0.396 e. The number of thioether (sulfide) groups is 1. The first-order valence-electron chi connectivity index (χ1n) is 7.96. The highest BCUT2D eigenvalue weighted by molar-refractivity contribution is 7.99. The molecule has 24 heavy (non-hydrogen) atoms. The minimum absolute atomic E-state index is 0.0427. The summed E-state index contributed by atoms with van der Waals surface area (Å²) in [6.07, 6.45) is -1.60. The summed E-state index contributed by atoms with van der Waals surface area (Å²) in [7, 11) is 0. The van der Waals surface area contributed by atoms with E-state index >= 15 is 0 Å².